The molecule has 41 heavy (non-hydrogen) atoms. The molecule has 0 N–H and O–H groups in total. The molecule has 0 radical (unpaired) electrons. The highest BCUT2D eigenvalue weighted by molar-refractivity contribution is 9.10. The molecule has 0 saturated carbocycles. The zero-order valence-electron chi connectivity index (χ0n) is 25.1. The van der Waals surface area contributed by atoms with Crippen molar-refractivity contribution in [2.75, 3.05) is 13.2 Å². The summed E-state index contributed by atoms with van der Waals surface area (Å²) in [6, 6.07) is 17.6. The number of unbranched alkanes of at least 4 members (excludes halogenated alkanes) is 10. The molecule has 0 spiro atoms. The van der Waals surface area contributed by atoms with Gasteiger partial charge in [-0.25, -0.2) is 0 Å². The van der Waals surface area contributed by atoms with Gasteiger partial charge in [-0.05, 0) is 59.4 Å². The van der Waals surface area contributed by atoms with E-state index < -0.39 is 0 Å². The molecule has 0 amide bonds. The lowest BCUT2D eigenvalue weighted by Crippen LogP contribution is -2.39. The van der Waals surface area contributed by atoms with Gasteiger partial charge in [-0.3, -0.25) is 0 Å². The summed E-state index contributed by atoms with van der Waals surface area (Å²) in [5, 5.41) is 0. The van der Waals surface area contributed by atoms with Crippen molar-refractivity contribution in [1.29, 1.82) is 0 Å². The third kappa shape index (κ3) is 10.0. The van der Waals surface area contributed by atoms with Crippen LogP contribution in [0.1, 0.15) is 102 Å². The van der Waals surface area contributed by atoms with Crippen molar-refractivity contribution in [3.63, 3.8) is 0 Å². The first-order valence-corrected chi connectivity index (χ1v) is 18.4. The minimum absolute atomic E-state index is 0.111. The van der Waals surface area contributed by atoms with E-state index in [2.05, 4.69) is 94.2 Å². The van der Waals surface area contributed by atoms with Gasteiger partial charge in [0.25, 0.3) is 0 Å². The number of hydrogen-bond acceptors (Lipinski definition) is 3. The van der Waals surface area contributed by atoms with Gasteiger partial charge in [0.1, 0.15) is 0 Å². The van der Waals surface area contributed by atoms with Crippen LogP contribution in [0.3, 0.4) is 0 Å². The summed E-state index contributed by atoms with van der Waals surface area (Å²) in [6.45, 7) is 6.22. The van der Waals surface area contributed by atoms with Crippen molar-refractivity contribution in [2.24, 2.45) is 0 Å². The van der Waals surface area contributed by atoms with Crippen molar-refractivity contribution >= 4 is 43.2 Å². The monoisotopic (exact) mass is 702 g/mol. The first-order chi connectivity index (χ1) is 20.1. The average Bonchev–Trinajstić information content (AvgIpc) is 3.35. The Balaban J connectivity index is 1.54. The lowest BCUT2D eigenvalue weighted by Gasteiger charge is -2.33. The van der Waals surface area contributed by atoms with Crippen LogP contribution in [0.15, 0.2) is 57.5 Å². The third-order valence-corrected chi connectivity index (χ3v) is 10.6. The van der Waals surface area contributed by atoms with Crippen LogP contribution in [0.5, 0.6) is 0 Å². The molecular formula is C36H48Br2O2S. The van der Waals surface area contributed by atoms with Crippen LogP contribution in [0, 0.1) is 0 Å². The Bertz CT molecular complexity index is 1070. The Hall–Kier alpha value is -0.980. The van der Waals surface area contributed by atoms with E-state index in [0.29, 0.717) is 0 Å². The Morgan fingerprint density at radius 3 is 1.32 bits per heavy atom. The maximum atomic E-state index is 6.68. The van der Waals surface area contributed by atoms with E-state index in [0.717, 1.165) is 47.8 Å². The maximum absolute atomic E-state index is 6.68. The molecule has 2 nitrogen and oxygen atoms in total. The molecule has 2 atom stereocenters. The zero-order chi connectivity index (χ0) is 28.9. The summed E-state index contributed by atoms with van der Waals surface area (Å²) < 4.78 is 15.6. The highest BCUT2D eigenvalue weighted by atomic mass is 79.9. The summed E-state index contributed by atoms with van der Waals surface area (Å²) in [7, 11) is 0. The maximum Gasteiger partial charge on any atom is 0.0880 e. The molecule has 3 aromatic rings. The van der Waals surface area contributed by atoms with Crippen LogP contribution in [-0.2, 0) is 22.3 Å². The minimum atomic E-state index is 0.111. The van der Waals surface area contributed by atoms with E-state index in [1.165, 1.54) is 96.2 Å². The fourth-order valence-corrected chi connectivity index (χ4v) is 7.73. The Kier molecular flexibility index (Phi) is 14.4. The lowest BCUT2D eigenvalue weighted by molar-refractivity contribution is -0.0781. The SMILES string of the molecule is CCCCCCCCO[C@H]1Cc2c(-c3ccc(Br)cc3)sc(-c3ccc(Br)cc3)c2C[C@@H]1OCCCCCCCC. The van der Waals surface area contributed by atoms with Gasteiger partial charge in [0, 0.05) is 44.8 Å². The number of halogens is 2. The van der Waals surface area contributed by atoms with Crippen LogP contribution < -0.4 is 0 Å². The van der Waals surface area contributed by atoms with E-state index in [1.54, 1.807) is 0 Å². The summed E-state index contributed by atoms with van der Waals surface area (Å²) in [5.41, 5.74) is 5.50. The van der Waals surface area contributed by atoms with Crippen molar-refractivity contribution in [1.82, 2.24) is 0 Å². The molecule has 224 valence electrons. The molecule has 0 saturated heterocycles. The molecule has 0 bridgehead atoms. The fourth-order valence-electron chi connectivity index (χ4n) is 5.83. The van der Waals surface area contributed by atoms with Crippen LogP contribution in [0.2, 0.25) is 0 Å². The topological polar surface area (TPSA) is 18.5 Å². The molecule has 0 fully saturated rings. The standard InChI is InChI=1S/C36H48Br2O2S/c1-3-5-7-9-11-13-23-39-33-25-31-32(26-34(33)40-24-14-12-10-8-6-4-2)36(28-17-21-30(38)22-18-28)41-35(31)27-15-19-29(37)20-16-27/h15-22,33-34H,3-14,23-26H2,1-2H3/t33-,34-/m0/s1. The van der Waals surface area contributed by atoms with E-state index in [-0.39, 0.29) is 12.2 Å². The predicted molar refractivity (Wildman–Crippen MR) is 184 cm³/mol. The van der Waals surface area contributed by atoms with Crippen molar-refractivity contribution in [2.45, 2.75) is 116 Å². The molecule has 1 aliphatic carbocycles. The van der Waals surface area contributed by atoms with Gasteiger partial charge < -0.3 is 9.47 Å². The van der Waals surface area contributed by atoms with Gasteiger partial charge in [0.05, 0.1) is 12.2 Å². The van der Waals surface area contributed by atoms with Gasteiger partial charge in [-0.1, -0.05) is 134 Å². The molecule has 5 heteroatoms. The molecule has 2 aromatic carbocycles. The first kappa shape index (κ1) is 32.9. The van der Waals surface area contributed by atoms with Gasteiger partial charge in [-0.15, -0.1) is 11.3 Å². The second-order valence-electron chi connectivity index (χ2n) is 11.5. The number of ether oxygens (including phenoxy) is 2. The second-order valence-corrected chi connectivity index (χ2v) is 14.3. The Labute approximate surface area is 269 Å². The fraction of sp³-hybridized carbons (Fsp3) is 0.556. The highest BCUT2D eigenvalue weighted by Gasteiger charge is 2.35. The van der Waals surface area contributed by atoms with Crippen LogP contribution in [0.4, 0.5) is 0 Å². The Morgan fingerprint density at radius 1 is 0.561 bits per heavy atom. The van der Waals surface area contributed by atoms with Gasteiger partial charge in [-0.2, -0.15) is 0 Å². The number of thiophene rings is 1. The highest BCUT2D eigenvalue weighted by Crippen LogP contribution is 2.46. The predicted octanol–water partition coefficient (Wildman–Crippen LogP) is 12.2. The summed E-state index contributed by atoms with van der Waals surface area (Å²) in [4.78, 5) is 2.76. The second kappa shape index (κ2) is 18.0. The molecule has 4 rings (SSSR count). The lowest BCUT2D eigenvalue weighted by atomic mass is 9.85. The van der Waals surface area contributed by atoms with E-state index in [9.17, 15) is 0 Å². The van der Waals surface area contributed by atoms with Crippen LogP contribution in [0.25, 0.3) is 20.9 Å². The zero-order valence-corrected chi connectivity index (χ0v) is 29.1. The third-order valence-electron chi connectivity index (χ3n) is 8.21. The van der Waals surface area contributed by atoms with E-state index >= 15 is 0 Å². The first-order valence-electron chi connectivity index (χ1n) is 16.0. The quantitative estimate of drug-likeness (QED) is 0.123. The van der Waals surface area contributed by atoms with Crippen LogP contribution in [-0.4, -0.2) is 25.4 Å². The molecule has 0 aliphatic heterocycles. The van der Waals surface area contributed by atoms with Crippen LogP contribution >= 0.6 is 43.2 Å². The van der Waals surface area contributed by atoms with Gasteiger partial charge in [0.2, 0.25) is 0 Å². The summed E-state index contributed by atoms with van der Waals surface area (Å²) in [5.74, 6) is 0. The number of benzene rings is 2. The van der Waals surface area contributed by atoms with E-state index in [1.807, 2.05) is 11.3 Å². The molecule has 1 aromatic heterocycles. The number of fused-ring (bicyclic) bond motifs is 1. The number of rotatable bonds is 18. The van der Waals surface area contributed by atoms with Crippen molar-refractivity contribution in [3.05, 3.63) is 68.6 Å². The largest absolute Gasteiger partial charge is 0.375 e. The Morgan fingerprint density at radius 2 is 0.927 bits per heavy atom. The molecular weight excluding hydrogens is 656 g/mol. The smallest absolute Gasteiger partial charge is 0.0880 e. The molecule has 1 aliphatic rings. The molecule has 1 heterocycles. The summed E-state index contributed by atoms with van der Waals surface area (Å²) >= 11 is 9.18. The van der Waals surface area contributed by atoms with Crippen molar-refractivity contribution in [3.8, 4) is 20.9 Å². The van der Waals surface area contributed by atoms with Gasteiger partial charge in [0.15, 0.2) is 0 Å². The average molecular weight is 705 g/mol. The van der Waals surface area contributed by atoms with E-state index in [4.69, 9.17) is 9.47 Å². The normalized spacial score (nSPS) is 16.7. The summed E-state index contributed by atoms with van der Waals surface area (Å²) in [6.07, 6.45) is 17.5. The number of hydrogen-bond donors (Lipinski definition) is 0. The van der Waals surface area contributed by atoms with Crippen molar-refractivity contribution < 1.29 is 9.47 Å². The minimum Gasteiger partial charge on any atom is -0.375 e. The molecule has 0 unspecified atom stereocenters. The van der Waals surface area contributed by atoms with Gasteiger partial charge >= 0.3 is 0 Å².